The van der Waals surface area contributed by atoms with E-state index in [1.807, 2.05) is 17.0 Å². The number of benzene rings is 1. The average molecular weight is 525 g/mol. The number of amides is 1. The van der Waals surface area contributed by atoms with Crippen LogP contribution in [0.25, 0.3) is 0 Å². The molecular formula is C21H32IN7O. The Kier molecular flexibility index (Phi) is 10.0. The predicted octanol–water partition coefficient (Wildman–Crippen LogP) is 2.73. The molecule has 1 fully saturated rings. The molecule has 0 spiro atoms. The van der Waals surface area contributed by atoms with Gasteiger partial charge in [-0.3, -0.25) is 4.79 Å². The Labute approximate surface area is 195 Å². The minimum Gasteiger partial charge on any atom is -0.357 e. The number of rotatable bonds is 8. The van der Waals surface area contributed by atoms with Crippen LogP contribution in [0.2, 0.25) is 0 Å². The summed E-state index contributed by atoms with van der Waals surface area (Å²) >= 11 is 0. The van der Waals surface area contributed by atoms with Crippen LogP contribution in [-0.2, 0) is 24.3 Å². The quantitative estimate of drug-likeness (QED) is 0.315. The van der Waals surface area contributed by atoms with Crippen LogP contribution in [0.3, 0.4) is 0 Å². The largest absolute Gasteiger partial charge is 0.357 e. The van der Waals surface area contributed by atoms with Crippen molar-refractivity contribution in [3.05, 3.63) is 42.0 Å². The topological polar surface area (TPSA) is 87.4 Å². The Balaban J connectivity index is 0.00000320. The number of carbonyl (C=O) groups is 1. The van der Waals surface area contributed by atoms with E-state index in [1.54, 1.807) is 6.33 Å². The van der Waals surface area contributed by atoms with E-state index in [4.69, 9.17) is 0 Å². The molecule has 3 rings (SSSR count). The van der Waals surface area contributed by atoms with Crippen LogP contribution in [0.1, 0.15) is 44.5 Å². The van der Waals surface area contributed by atoms with Gasteiger partial charge in [0.15, 0.2) is 5.96 Å². The second kappa shape index (κ2) is 12.5. The zero-order chi connectivity index (χ0) is 20.5. The highest BCUT2D eigenvalue weighted by Crippen LogP contribution is 2.21. The van der Waals surface area contributed by atoms with Gasteiger partial charge in [-0.1, -0.05) is 19.1 Å². The number of carbonyl (C=O) groups excluding carboxylic acids is 1. The first-order valence-electron chi connectivity index (χ1n) is 10.5. The highest BCUT2D eigenvalue weighted by molar-refractivity contribution is 14.0. The van der Waals surface area contributed by atoms with E-state index >= 15 is 0 Å². The lowest BCUT2D eigenvalue weighted by Gasteiger charge is -2.26. The highest BCUT2D eigenvalue weighted by Gasteiger charge is 2.19. The summed E-state index contributed by atoms with van der Waals surface area (Å²) in [5.74, 6) is 2.00. The molecule has 30 heavy (non-hydrogen) atoms. The monoisotopic (exact) mass is 525 g/mol. The van der Waals surface area contributed by atoms with E-state index in [0.717, 1.165) is 68.5 Å². The first-order chi connectivity index (χ1) is 14.2. The number of aliphatic imine (C=N–C) groups is 1. The van der Waals surface area contributed by atoms with Gasteiger partial charge in [-0.05, 0) is 37.5 Å². The van der Waals surface area contributed by atoms with Crippen molar-refractivity contribution in [3.63, 3.8) is 0 Å². The van der Waals surface area contributed by atoms with Crippen LogP contribution in [-0.4, -0.2) is 46.3 Å². The van der Waals surface area contributed by atoms with E-state index in [0.29, 0.717) is 13.0 Å². The predicted molar refractivity (Wildman–Crippen MR) is 130 cm³/mol. The average Bonchev–Trinajstić information content (AvgIpc) is 3.20. The molecule has 1 aliphatic heterocycles. The molecule has 164 valence electrons. The standard InChI is InChI=1S/C21H31N7O.HI/c1-3-19-26-25-16-27(19)14-12-23-21(22-4-2)24-15-17-8-10-18(11-9-17)28-13-6-5-7-20(28)29;/h8-11,16H,3-7,12-15H2,1-2H3,(H2,22,23,24);1H. The van der Waals surface area contributed by atoms with Crippen molar-refractivity contribution in [1.82, 2.24) is 25.4 Å². The molecule has 2 aromatic rings. The molecule has 0 bridgehead atoms. The number of aryl methyl sites for hydroxylation is 1. The zero-order valence-electron chi connectivity index (χ0n) is 17.8. The highest BCUT2D eigenvalue weighted by atomic mass is 127. The fraction of sp³-hybridized carbons (Fsp3) is 0.524. The molecule has 1 aromatic heterocycles. The van der Waals surface area contributed by atoms with Crippen LogP contribution in [0.15, 0.2) is 35.6 Å². The summed E-state index contributed by atoms with van der Waals surface area (Å²) in [7, 11) is 0. The third kappa shape index (κ3) is 6.68. The normalized spacial score (nSPS) is 14.4. The third-order valence-electron chi connectivity index (χ3n) is 4.99. The molecule has 1 amide bonds. The maximum Gasteiger partial charge on any atom is 0.226 e. The van der Waals surface area contributed by atoms with Crippen molar-refractivity contribution >= 4 is 41.5 Å². The van der Waals surface area contributed by atoms with E-state index < -0.39 is 0 Å². The first-order valence-corrected chi connectivity index (χ1v) is 10.5. The van der Waals surface area contributed by atoms with Crippen molar-refractivity contribution in [1.29, 1.82) is 0 Å². The van der Waals surface area contributed by atoms with Gasteiger partial charge in [-0.15, -0.1) is 34.2 Å². The summed E-state index contributed by atoms with van der Waals surface area (Å²) < 4.78 is 2.05. The second-order valence-electron chi connectivity index (χ2n) is 7.08. The Bertz CT molecular complexity index is 819. The molecule has 0 atom stereocenters. The van der Waals surface area contributed by atoms with Gasteiger partial charge in [0, 0.05) is 44.7 Å². The van der Waals surface area contributed by atoms with Gasteiger partial charge in [-0.2, -0.15) is 0 Å². The second-order valence-corrected chi connectivity index (χ2v) is 7.08. The van der Waals surface area contributed by atoms with Crippen molar-refractivity contribution < 1.29 is 4.79 Å². The first kappa shape index (κ1) is 24.1. The lowest BCUT2D eigenvalue weighted by atomic mass is 10.1. The smallest absolute Gasteiger partial charge is 0.226 e. The van der Waals surface area contributed by atoms with Gasteiger partial charge in [0.25, 0.3) is 0 Å². The van der Waals surface area contributed by atoms with Crippen LogP contribution in [0, 0.1) is 0 Å². The lowest BCUT2D eigenvalue weighted by molar-refractivity contribution is -0.119. The van der Waals surface area contributed by atoms with Crippen LogP contribution in [0.5, 0.6) is 0 Å². The molecule has 8 nitrogen and oxygen atoms in total. The summed E-state index contributed by atoms with van der Waals surface area (Å²) in [4.78, 5) is 18.6. The number of hydrogen-bond donors (Lipinski definition) is 2. The maximum atomic E-state index is 12.1. The number of guanidine groups is 1. The van der Waals surface area contributed by atoms with Crippen LogP contribution >= 0.6 is 24.0 Å². The molecule has 9 heteroatoms. The van der Waals surface area contributed by atoms with Gasteiger partial charge in [0.05, 0.1) is 6.54 Å². The van der Waals surface area contributed by atoms with Gasteiger partial charge in [-0.25, -0.2) is 4.99 Å². The van der Waals surface area contributed by atoms with E-state index in [9.17, 15) is 4.79 Å². The fourth-order valence-corrected chi connectivity index (χ4v) is 3.41. The summed E-state index contributed by atoms with van der Waals surface area (Å²) in [6.45, 7) is 7.86. The number of halogens is 1. The van der Waals surface area contributed by atoms with Crippen molar-refractivity contribution in [3.8, 4) is 0 Å². The van der Waals surface area contributed by atoms with Crippen molar-refractivity contribution in [2.75, 3.05) is 24.5 Å². The Morgan fingerprint density at radius 1 is 1.17 bits per heavy atom. The summed E-state index contributed by atoms with van der Waals surface area (Å²) in [5, 5.41) is 14.7. The molecule has 1 saturated heterocycles. The summed E-state index contributed by atoms with van der Waals surface area (Å²) in [5.41, 5.74) is 2.09. The van der Waals surface area contributed by atoms with Crippen molar-refractivity contribution in [2.24, 2.45) is 4.99 Å². The van der Waals surface area contributed by atoms with Crippen LogP contribution < -0.4 is 15.5 Å². The summed E-state index contributed by atoms with van der Waals surface area (Å²) in [6, 6.07) is 8.14. The molecule has 0 unspecified atom stereocenters. The Morgan fingerprint density at radius 2 is 1.97 bits per heavy atom. The fourth-order valence-electron chi connectivity index (χ4n) is 3.41. The SMILES string of the molecule is CCNC(=NCc1ccc(N2CCCCC2=O)cc1)NCCn1cnnc1CC.I. The molecule has 2 N–H and O–H groups in total. The van der Waals surface area contributed by atoms with Gasteiger partial charge in [0.2, 0.25) is 5.91 Å². The van der Waals surface area contributed by atoms with Crippen LogP contribution in [0.4, 0.5) is 5.69 Å². The van der Waals surface area contributed by atoms with E-state index in [-0.39, 0.29) is 29.9 Å². The van der Waals surface area contributed by atoms with E-state index in [2.05, 4.69) is 56.4 Å². The molecule has 2 heterocycles. The zero-order valence-corrected chi connectivity index (χ0v) is 20.1. The molecular weight excluding hydrogens is 493 g/mol. The van der Waals surface area contributed by atoms with Crippen molar-refractivity contribution in [2.45, 2.75) is 52.6 Å². The number of anilines is 1. The van der Waals surface area contributed by atoms with Gasteiger partial charge in [0.1, 0.15) is 12.2 Å². The van der Waals surface area contributed by atoms with Gasteiger partial charge >= 0.3 is 0 Å². The number of hydrogen-bond acceptors (Lipinski definition) is 4. The van der Waals surface area contributed by atoms with Gasteiger partial charge < -0.3 is 20.1 Å². The number of piperidine rings is 1. The molecule has 0 aliphatic carbocycles. The number of nitrogens with one attached hydrogen (secondary N) is 2. The summed E-state index contributed by atoms with van der Waals surface area (Å²) in [6.07, 6.45) is 5.36. The minimum absolute atomic E-state index is 0. The van der Waals surface area contributed by atoms with E-state index in [1.165, 1.54) is 0 Å². The number of aromatic nitrogens is 3. The molecule has 1 aromatic carbocycles. The molecule has 0 radical (unpaired) electrons. The Morgan fingerprint density at radius 3 is 2.67 bits per heavy atom. The molecule has 0 saturated carbocycles. The maximum absolute atomic E-state index is 12.1. The molecule has 1 aliphatic rings. The lowest BCUT2D eigenvalue weighted by Crippen LogP contribution is -2.38. The third-order valence-corrected chi connectivity index (χ3v) is 4.99. The number of nitrogens with zero attached hydrogens (tertiary/aromatic N) is 5. The Hall–Kier alpha value is -2.17. The minimum atomic E-state index is 0.